The standard InChI is InChI=1S/C14H23N/c1-11(12-9-7-6-8-10-12)13(15-5)14(2,3)4/h6-11,13,15H,1-5H3. The van der Waals surface area contributed by atoms with E-state index in [0.29, 0.717) is 12.0 Å². The molecule has 0 aromatic heterocycles. The SMILES string of the molecule is CNC(C(C)c1ccccc1)C(C)(C)C. The maximum Gasteiger partial charge on any atom is 0.0179 e. The first-order chi connectivity index (χ1) is 6.96. The summed E-state index contributed by atoms with van der Waals surface area (Å²) in [5.41, 5.74) is 1.69. The van der Waals surface area contributed by atoms with Gasteiger partial charge in [0.1, 0.15) is 0 Å². The van der Waals surface area contributed by atoms with Crippen LogP contribution in [0.15, 0.2) is 30.3 Å². The van der Waals surface area contributed by atoms with E-state index in [9.17, 15) is 0 Å². The van der Waals surface area contributed by atoms with Gasteiger partial charge in [0.2, 0.25) is 0 Å². The van der Waals surface area contributed by atoms with Gasteiger partial charge in [-0.05, 0) is 23.9 Å². The maximum absolute atomic E-state index is 3.44. The topological polar surface area (TPSA) is 12.0 Å². The molecule has 0 aliphatic carbocycles. The number of rotatable bonds is 3. The fourth-order valence-corrected chi connectivity index (χ4v) is 2.38. The fraction of sp³-hybridized carbons (Fsp3) is 0.571. The Labute approximate surface area is 93.9 Å². The number of hydrogen-bond donors (Lipinski definition) is 1. The molecule has 1 heteroatoms. The van der Waals surface area contributed by atoms with Crippen molar-refractivity contribution in [2.45, 2.75) is 39.7 Å². The molecule has 0 heterocycles. The lowest BCUT2D eigenvalue weighted by Gasteiger charge is -2.35. The highest BCUT2D eigenvalue weighted by atomic mass is 14.9. The molecule has 0 saturated heterocycles. The highest BCUT2D eigenvalue weighted by Crippen LogP contribution is 2.31. The highest BCUT2D eigenvalue weighted by Gasteiger charge is 2.28. The number of hydrogen-bond acceptors (Lipinski definition) is 1. The van der Waals surface area contributed by atoms with E-state index in [1.54, 1.807) is 0 Å². The Morgan fingerprint density at radius 1 is 1.07 bits per heavy atom. The molecule has 1 N–H and O–H groups in total. The third-order valence-corrected chi connectivity index (χ3v) is 3.07. The second-order valence-corrected chi connectivity index (χ2v) is 5.33. The first-order valence-electron chi connectivity index (χ1n) is 5.69. The van der Waals surface area contributed by atoms with Crippen molar-refractivity contribution in [1.29, 1.82) is 0 Å². The Balaban J connectivity index is 2.88. The van der Waals surface area contributed by atoms with E-state index in [2.05, 4.69) is 70.4 Å². The van der Waals surface area contributed by atoms with Gasteiger partial charge in [0.25, 0.3) is 0 Å². The van der Waals surface area contributed by atoms with Crippen LogP contribution >= 0.6 is 0 Å². The lowest BCUT2D eigenvalue weighted by Crippen LogP contribution is -2.42. The lowest BCUT2D eigenvalue weighted by molar-refractivity contribution is 0.251. The first-order valence-corrected chi connectivity index (χ1v) is 5.69. The maximum atomic E-state index is 3.44. The van der Waals surface area contributed by atoms with Crippen LogP contribution in [0.25, 0.3) is 0 Å². The molecule has 2 atom stereocenters. The van der Waals surface area contributed by atoms with Gasteiger partial charge in [0, 0.05) is 6.04 Å². The van der Waals surface area contributed by atoms with Crippen LogP contribution in [0, 0.1) is 5.41 Å². The minimum absolute atomic E-state index is 0.282. The summed E-state index contributed by atoms with van der Waals surface area (Å²) in [5, 5.41) is 3.44. The fourth-order valence-electron chi connectivity index (χ4n) is 2.38. The van der Waals surface area contributed by atoms with E-state index in [1.807, 2.05) is 0 Å². The van der Waals surface area contributed by atoms with Gasteiger partial charge in [-0.2, -0.15) is 0 Å². The molecule has 1 aromatic rings. The van der Waals surface area contributed by atoms with Crippen molar-refractivity contribution >= 4 is 0 Å². The Hall–Kier alpha value is -0.820. The minimum atomic E-state index is 0.282. The summed E-state index contributed by atoms with van der Waals surface area (Å²) < 4.78 is 0. The van der Waals surface area contributed by atoms with Gasteiger partial charge in [0.05, 0.1) is 0 Å². The zero-order valence-corrected chi connectivity index (χ0v) is 10.5. The molecule has 0 saturated carbocycles. The molecule has 0 aliphatic heterocycles. The van der Waals surface area contributed by atoms with Crippen molar-refractivity contribution in [3.05, 3.63) is 35.9 Å². The molecule has 0 bridgehead atoms. The quantitative estimate of drug-likeness (QED) is 0.797. The normalized spacial score (nSPS) is 16.1. The highest BCUT2D eigenvalue weighted by molar-refractivity contribution is 5.21. The second-order valence-electron chi connectivity index (χ2n) is 5.33. The lowest BCUT2D eigenvalue weighted by atomic mass is 9.77. The van der Waals surface area contributed by atoms with Crippen LogP contribution in [0.3, 0.4) is 0 Å². The molecule has 0 amide bonds. The summed E-state index contributed by atoms with van der Waals surface area (Å²) >= 11 is 0. The molecule has 0 spiro atoms. The van der Waals surface area contributed by atoms with E-state index in [4.69, 9.17) is 0 Å². The van der Waals surface area contributed by atoms with Crippen LogP contribution in [0.1, 0.15) is 39.2 Å². The van der Waals surface area contributed by atoms with Gasteiger partial charge in [-0.3, -0.25) is 0 Å². The van der Waals surface area contributed by atoms with Crippen molar-refractivity contribution < 1.29 is 0 Å². The molecule has 1 rings (SSSR count). The zero-order chi connectivity index (χ0) is 11.5. The van der Waals surface area contributed by atoms with Crippen molar-refractivity contribution in [2.75, 3.05) is 7.05 Å². The summed E-state index contributed by atoms with van der Waals surface area (Å²) in [4.78, 5) is 0. The van der Waals surface area contributed by atoms with Crippen LogP contribution in [-0.2, 0) is 0 Å². The first kappa shape index (κ1) is 12.3. The van der Waals surface area contributed by atoms with E-state index in [1.165, 1.54) is 5.56 Å². The summed E-state index contributed by atoms with van der Waals surface area (Å²) in [5.74, 6) is 0.538. The van der Waals surface area contributed by atoms with Crippen LogP contribution in [0.5, 0.6) is 0 Å². The largest absolute Gasteiger partial charge is 0.316 e. The minimum Gasteiger partial charge on any atom is -0.316 e. The Kier molecular flexibility index (Phi) is 3.92. The average molecular weight is 205 g/mol. The average Bonchev–Trinajstić information content (AvgIpc) is 2.18. The molecule has 0 fully saturated rings. The predicted octanol–water partition coefficient (Wildman–Crippen LogP) is 3.42. The summed E-state index contributed by atoms with van der Waals surface area (Å²) in [7, 11) is 2.05. The second kappa shape index (κ2) is 4.80. The Morgan fingerprint density at radius 2 is 1.60 bits per heavy atom. The molecule has 0 aliphatic rings. The van der Waals surface area contributed by atoms with Gasteiger partial charge in [-0.15, -0.1) is 0 Å². The summed E-state index contributed by atoms with van der Waals surface area (Å²) in [6.45, 7) is 9.15. The van der Waals surface area contributed by atoms with E-state index in [-0.39, 0.29) is 5.41 Å². The van der Waals surface area contributed by atoms with Crippen LogP contribution in [0.4, 0.5) is 0 Å². The number of benzene rings is 1. The summed E-state index contributed by atoms with van der Waals surface area (Å²) in [6, 6.07) is 11.2. The van der Waals surface area contributed by atoms with Gasteiger partial charge in [0.15, 0.2) is 0 Å². The Morgan fingerprint density at radius 3 is 2.00 bits per heavy atom. The van der Waals surface area contributed by atoms with Crippen LogP contribution in [-0.4, -0.2) is 13.1 Å². The van der Waals surface area contributed by atoms with Crippen molar-refractivity contribution in [3.8, 4) is 0 Å². The molecule has 84 valence electrons. The third-order valence-electron chi connectivity index (χ3n) is 3.07. The Bertz CT molecular complexity index is 284. The van der Waals surface area contributed by atoms with Crippen molar-refractivity contribution in [3.63, 3.8) is 0 Å². The molecule has 2 unspecified atom stereocenters. The van der Waals surface area contributed by atoms with Crippen molar-refractivity contribution in [2.24, 2.45) is 5.41 Å². The molecular weight excluding hydrogens is 182 g/mol. The third kappa shape index (κ3) is 3.07. The van der Waals surface area contributed by atoms with Crippen molar-refractivity contribution in [1.82, 2.24) is 5.32 Å². The smallest absolute Gasteiger partial charge is 0.0179 e. The van der Waals surface area contributed by atoms with Crippen LogP contribution < -0.4 is 5.32 Å². The molecule has 1 nitrogen and oxygen atoms in total. The molecule has 0 radical (unpaired) electrons. The molecule has 1 aromatic carbocycles. The zero-order valence-electron chi connectivity index (χ0n) is 10.5. The van der Waals surface area contributed by atoms with E-state index < -0.39 is 0 Å². The van der Waals surface area contributed by atoms with Gasteiger partial charge >= 0.3 is 0 Å². The van der Waals surface area contributed by atoms with Gasteiger partial charge in [-0.25, -0.2) is 0 Å². The molecular formula is C14H23N. The van der Waals surface area contributed by atoms with Crippen LogP contribution in [0.2, 0.25) is 0 Å². The van der Waals surface area contributed by atoms with Gasteiger partial charge < -0.3 is 5.32 Å². The van der Waals surface area contributed by atoms with E-state index in [0.717, 1.165) is 0 Å². The predicted molar refractivity (Wildman–Crippen MR) is 67.2 cm³/mol. The monoisotopic (exact) mass is 205 g/mol. The number of nitrogens with one attached hydrogen (secondary N) is 1. The number of likely N-dealkylation sites (N-methyl/N-ethyl adjacent to an activating group) is 1. The van der Waals surface area contributed by atoms with Gasteiger partial charge in [-0.1, -0.05) is 58.0 Å². The molecule has 15 heavy (non-hydrogen) atoms. The van der Waals surface area contributed by atoms with E-state index >= 15 is 0 Å². The summed E-state index contributed by atoms with van der Waals surface area (Å²) in [6.07, 6.45) is 0.